The summed E-state index contributed by atoms with van der Waals surface area (Å²) in [6.07, 6.45) is 0. The first-order valence-electron chi connectivity index (χ1n) is 6.02. The van der Waals surface area contributed by atoms with Gasteiger partial charge in [0.2, 0.25) is 0 Å². The first kappa shape index (κ1) is 14.3. The molecule has 0 radical (unpaired) electrons. The molecule has 0 unspecified atom stereocenters. The van der Waals surface area contributed by atoms with E-state index in [1.54, 1.807) is 7.11 Å². The Morgan fingerprint density at radius 2 is 2.22 bits per heavy atom. The van der Waals surface area contributed by atoms with Crippen LogP contribution < -0.4 is 15.5 Å². The van der Waals surface area contributed by atoms with Gasteiger partial charge in [0, 0.05) is 38.6 Å². The zero-order valence-corrected chi connectivity index (χ0v) is 11.2. The fourth-order valence-electron chi connectivity index (χ4n) is 1.45. The quantitative estimate of drug-likeness (QED) is 0.759. The van der Waals surface area contributed by atoms with Crippen molar-refractivity contribution in [1.82, 2.24) is 5.32 Å². The number of nitrogens with one attached hydrogen (secondary N) is 2. The van der Waals surface area contributed by atoms with Gasteiger partial charge in [0.15, 0.2) is 0 Å². The van der Waals surface area contributed by atoms with E-state index in [9.17, 15) is 4.79 Å². The van der Waals surface area contributed by atoms with Gasteiger partial charge in [-0.3, -0.25) is 0 Å². The smallest absolute Gasteiger partial charge is 0.319 e. The number of hydrogen-bond acceptors (Lipinski definition) is 3. The average molecular weight is 251 g/mol. The zero-order chi connectivity index (χ0) is 13.4. The summed E-state index contributed by atoms with van der Waals surface area (Å²) < 4.78 is 4.86. The van der Waals surface area contributed by atoms with Gasteiger partial charge in [-0.05, 0) is 25.1 Å². The van der Waals surface area contributed by atoms with Crippen LogP contribution in [0.25, 0.3) is 0 Å². The number of carbonyl (C=O) groups is 1. The molecule has 0 saturated heterocycles. The number of carbonyl (C=O) groups excluding carboxylic acids is 1. The van der Waals surface area contributed by atoms with Crippen LogP contribution in [0.5, 0.6) is 0 Å². The topological polar surface area (TPSA) is 53.6 Å². The number of methoxy groups -OCH3 is 1. The first-order valence-corrected chi connectivity index (χ1v) is 6.02. The van der Waals surface area contributed by atoms with Crippen molar-refractivity contribution in [3.63, 3.8) is 0 Å². The van der Waals surface area contributed by atoms with Gasteiger partial charge in [0.1, 0.15) is 0 Å². The molecule has 0 aliphatic carbocycles. The molecule has 2 N–H and O–H groups in total. The fourth-order valence-corrected chi connectivity index (χ4v) is 1.45. The minimum Gasteiger partial charge on any atom is -0.383 e. The Kier molecular flexibility index (Phi) is 6.00. The van der Waals surface area contributed by atoms with E-state index in [0.29, 0.717) is 13.2 Å². The molecule has 5 heteroatoms. The second-order valence-corrected chi connectivity index (χ2v) is 3.94. The van der Waals surface area contributed by atoms with Gasteiger partial charge >= 0.3 is 6.03 Å². The first-order chi connectivity index (χ1) is 8.67. The fraction of sp³-hybridized carbons (Fsp3) is 0.462. The Balaban J connectivity index is 2.53. The zero-order valence-electron chi connectivity index (χ0n) is 11.2. The van der Waals surface area contributed by atoms with Crippen LogP contribution in [0, 0.1) is 0 Å². The van der Waals surface area contributed by atoms with Crippen LogP contribution in [-0.2, 0) is 4.74 Å². The van der Waals surface area contributed by atoms with Gasteiger partial charge in [-0.25, -0.2) is 4.79 Å². The minimum absolute atomic E-state index is 0.219. The Labute approximate surface area is 108 Å². The van der Waals surface area contributed by atoms with Crippen LogP contribution in [-0.4, -0.2) is 39.9 Å². The van der Waals surface area contributed by atoms with Crippen LogP contribution in [0.4, 0.5) is 16.2 Å². The third-order valence-corrected chi connectivity index (χ3v) is 2.61. The molecule has 0 aromatic heterocycles. The van der Waals surface area contributed by atoms with Gasteiger partial charge in [0.05, 0.1) is 6.61 Å². The van der Waals surface area contributed by atoms with Crippen molar-refractivity contribution in [1.29, 1.82) is 0 Å². The molecular weight excluding hydrogens is 230 g/mol. The lowest BCUT2D eigenvalue weighted by Gasteiger charge is -2.17. The summed E-state index contributed by atoms with van der Waals surface area (Å²) in [6.45, 7) is 4.00. The Morgan fingerprint density at radius 1 is 1.44 bits per heavy atom. The van der Waals surface area contributed by atoms with E-state index in [-0.39, 0.29) is 6.03 Å². The summed E-state index contributed by atoms with van der Waals surface area (Å²) >= 11 is 0. The third-order valence-electron chi connectivity index (χ3n) is 2.61. The predicted octanol–water partition coefficient (Wildman–Crippen LogP) is 1.91. The molecule has 0 aliphatic heterocycles. The summed E-state index contributed by atoms with van der Waals surface area (Å²) in [5, 5.41) is 5.49. The minimum atomic E-state index is -0.219. The van der Waals surface area contributed by atoms with Gasteiger partial charge in [0.25, 0.3) is 0 Å². The lowest BCUT2D eigenvalue weighted by atomic mass is 10.2. The molecule has 0 spiro atoms. The van der Waals surface area contributed by atoms with Crippen molar-refractivity contribution >= 4 is 17.4 Å². The lowest BCUT2D eigenvalue weighted by molar-refractivity contribution is 0.198. The SMILES string of the molecule is CCN(C)c1cccc(NC(=O)NCCOC)c1. The normalized spacial score (nSPS) is 9.94. The van der Waals surface area contributed by atoms with Crippen LogP contribution in [0.2, 0.25) is 0 Å². The number of nitrogens with zero attached hydrogens (tertiary/aromatic N) is 1. The number of benzene rings is 1. The van der Waals surface area contributed by atoms with Crippen molar-refractivity contribution < 1.29 is 9.53 Å². The number of hydrogen-bond donors (Lipinski definition) is 2. The molecule has 0 fully saturated rings. The van der Waals surface area contributed by atoms with E-state index in [4.69, 9.17) is 4.74 Å². The van der Waals surface area contributed by atoms with E-state index in [1.165, 1.54) is 0 Å². The molecule has 18 heavy (non-hydrogen) atoms. The molecule has 0 atom stereocenters. The highest BCUT2D eigenvalue weighted by molar-refractivity contribution is 5.89. The molecular formula is C13H21N3O2. The van der Waals surface area contributed by atoms with Crippen molar-refractivity contribution in [3.8, 4) is 0 Å². The van der Waals surface area contributed by atoms with E-state index in [0.717, 1.165) is 17.9 Å². The Hall–Kier alpha value is -1.75. The maximum absolute atomic E-state index is 11.5. The van der Waals surface area contributed by atoms with Crippen molar-refractivity contribution in [2.24, 2.45) is 0 Å². The van der Waals surface area contributed by atoms with E-state index < -0.39 is 0 Å². The summed E-state index contributed by atoms with van der Waals surface area (Å²) in [7, 11) is 3.61. The van der Waals surface area contributed by atoms with E-state index >= 15 is 0 Å². The number of amides is 2. The van der Waals surface area contributed by atoms with Crippen LogP contribution in [0.1, 0.15) is 6.92 Å². The monoisotopic (exact) mass is 251 g/mol. The van der Waals surface area contributed by atoms with Gasteiger partial charge < -0.3 is 20.3 Å². The maximum Gasteiger partial charge on any atom is 0.319 e. The second kappa shape index (κ2) is 7.55. The summed E-state index contributed by atoms with van der Waals surface area (Å²) in [4.78, 5) is 13.7. The Morgan fingerprint density at radius 3 is 2.89 bits per heavy atom. The van der Waals surface area contributed by atoms with Gasteiger partial charge in [-0.15, -0.1) is 0 Å². The summed E-state index contributed by atoms with van der Waals surface area (Å²) in [6, 6.07) is 7.52. The highest BCUT2D eigenvalue weighted by Crippen LogP contribution is 2.17. The Bertz CT molecular complexity index is 382. The molecule has 100 valence electrons. The number of urea groups is 1. The lowest BCUT2D eigenvalue weighted by Crippen LogP contribution is -2.31. The maximum atomic E-state index is 11.5. The van der Waals surface area contributed by atoms with E-state index in [2.05, 4.69) is 22.5 Å². The van der Waals surface area contributed by atoms with Crippen LogP contribution in [0.3, 0.4) is 0 Å². The standard InChI is InChI=1S/C13H21N3O2/c1-4-16(2)12-7-5-6-11(10-12)15-13(17)14-8-9-18-3/h5-7,10H,4,8-9H2,1-3H3,(H2,14,15,17). The molecule has 1 aromatic rings. The highest BCUT2D eigenvalue weighted by Gasteiger charge is 2.03. The van der Waals surface area contributed by atoms with Gasteiger partial charge in [-0.1, -0.05) is 6.07 Å². The van der Waals surface area contributed by atoms with Crippen LogP contribution in [0.15, 0.2) is 24.3 Å². The largest absolute Gasteiger partial charge is 0.383 e. The molecule has 0 heterocycles. The van der Waals surface area contributed by atoms with Crippen molar-refractivity contribution in [3.05, 3.63) is 24.3 Å². The summed E-state index contributed by atoms with van der Waals surface area (Å²) in [5.74, 6) is 0. The molecule has 0 aliphatic rings. The molecule has 0 saturated carbocycles. The molecule has 0 bridgehead atoms. The van der Waals surface area contributed by atoms with Crippen molar-refractivity contribution in [2.45, 2.75) is 6.92 Å². The average Bonchev–Trinajstić information content (AvgIpc) is 2.38. The number of ether oxygens (including phenoxy) is 1. The second-order valence-electron chi connectivity index (χ2n) is 3.94. The van der Waals surface area contributed by atoms with Crippen molar-refractivity contribution in [2.75, 3.05) is 44.1 Å². The van der Waals surface area contributed by atoms with Gasteiger partial charge in [-0.2, -0.15) is 0 Å². The predicted molar refractivity (Wildman–Crippen MR) is 74.3 cm³/mol. The molecule has 1 aromatic carbocycles. The molecule has 2 amide bonds. The third kappa shape index (κ3) is 4.63. The molecule has 5 nitrogen and oxygen atoms in total. The number of rotatable bonds is 6. The summed E-state index contributed by atoms with van der Waals surface area (Å²) in [5.41, 5.74) is 1.86. The van der Waals surface area contributed by atoms with E-state index in [1.807, 2.05) is 31.3 Å². The highest BCUT2D eigenvalue weighted by atomic mass is 16.5. The number of anilines is 2. The molecule has 1 rings (SSSR count). The van der Waals surface area contributed by atoms with Crippen LogP contribution >= 0.6 is 0 Å².